The maximum Gasteiger partial charge on any atom is 0.134 e. The van der Waals surface area contributed by atoms with Crippen LogP contribution in [0.15, 0.2) is 24.3 Å². The number of benzene rings is 1. The summed E-state index contributed by atoms with van der Waals surface area (Å²) in [6, 6.07) is 9.38. The van der Waals surface area contributed by atoms with Gasteiger partial charge in [-0.25, -0.2) is 0 Å². The summed E-state index contributed by atoms with van der Waals surface area (Å²) >= 11 is 0. The minimum absolute atomic E-state index is 0.0574. The second-order valence-electron chi connectivity index (χ2n) is 11.3. The predicted octanol–water partition coefficient (Wildman–Crippen LogP) is 7.74. The Morgan fingerprint density at radius 1 is 0.867 bits per heavy atom. The normalized spacial score (nSPS) is 33.4. The van der Waals surface area contributed by atoms with Crippen LogP contribution in [-0.4, -0.2) is 12.1 Å². The van der Waals surface area contributed by atoms with Crippen LogP contribution in [-0.2, 0) is 4.74 Å². The second-order valence-corrected chi connectivity index (χ2v) is 11.3. The van der Waals surface area contributed by atoms with Gasteiger partial charge in [0.25, 0.3) is 0 Å². The molecule has 168 valence electrons. The first-order valence-corrected chi connectivity index (χ1v) is 13.0. The topological polar surface area (TPSA) is 21.3 Å². The van der Waals surface area contributed by atoms with Gasteiger partial charge in [0.05, 0.1) is 6.61 Å². The minimum Gasteiger partial charge on any atom is -0.357 e. The van der Waals surface area contributed by atoms with Crippen molar-refractivity contribution in [1.82, 2.24) is 5.32 Å². The third-order valence-corrected chi connectivity index (χ3v) is 8.28. The first kappa shape index (κ1) is 22.3. The predicted molar refractivity (Wildman–Crippen MR) is 127 cm³/mol. The molecular weight excluding hydrogens is 366 g/mol. The zero-order valence-electron chi connectivity index (χ0n) is 19.8. The highest BCUT2D eigenvalue weighted by Gasteiger charge is 2.36. The number of ether oxygens (including phenoxy) is 1. The van der Waals surface area contributed by atoms with Crippen molar-refractivity contribution in [1.29, 1.82) is 0 Å². The molecular formula is C28H45NO. The molecule has 2 heteroatoms. The summed E-state index contributed by atoms with van der Waals surface area (Å²) in [5, 5.41) is 3.59. The molecule has 1 saturated heterocycles. The van der Waals surface area contributed by atoms with Crippen LogP contribution in [0.2, 0.25) is 0 Å². The summed E-state index contributed by atoms with van der Waals surface area (Å²) in [5.41, 5.74) is 2.92. The van der Waals surface area contributed by atoms with Gasteiger partial charge in [0.1, 0.15) is 6.23 Å². The van der Waals surface area contributed by atoms with Gasteiger partial charge in [0.15, 0.2) is 0 Å². The molecule has 1 aromatic carbocycles. The molecule has 0 spiro atoms. The Hall–Kier alpha value is -0.860. The van der Waals surface area contributed by atoms with E-state index in [2.05, 4.69) is 50.4 Å². The van der Waals surface area contributed by atoms with E-state index in [-0.39, 0.29) is 11.8 Å². The summed E-state index contributed by atoms with van der Waals surface area (Å²) in [5.74, 6) is 3.82. The molecule has 30 heavy (non-hydrogen) atoms. The van der Waals surface area contributed by atoms with E-state index in [1.54, 1.807) is 5.56 Å². The molecule has 1 aromatic rings. The lowest BCUT2D eigenvalue weighted by Crippen LogP contribution is -2.35. The van der Waals surface area contributed by atoms with Gasteiger partial charge in [-0.1, -0.05) is 76.1 Å². The van der Waals surface area contributed by atoms with E-state index in [0.29, 0.717) is 0 Å². The van der Waals surface area contributed by atoms with E-state index in [0.717, 1.165) is 30.3 Å². The van der Waals surface area contributed by atoms with Gasteiger partial charge in [-0.2, -0.15) is 0 Å². The quantitative estimate of drug-likeness (QED) is 0.442. The number of fused-ring (bicyclic) bond motifs is 1. The Balaban J connectivity index is 1.24. The molecule has 4 rings (SSSR count). The van der Waals surface area contributed by atoms with Gasteiger partial charge < -0.3 is 4.74 Å². The Kier molecular flexibility index (Phi) is 7.57. The van der Waals surface area contributed by atoms with Crippen molar-refractivity contribution in [3.8, 4) is 0 Å². The van der Waals surface area contributed by atoms with E-state index >= 15 is 0 Å². The molecule has 1 aliphatic heterocycles. The van der Waals surface area contributed by atoms with E-state index < -0.39 is 0 Å². The van der Waals surface area contributed by atoms with Crippen LogP contribution in [0.5, 0.6) is 0 Å². The molecule has 3 fully saturated rings. The first-order valence-electron chi connectivity index (χ1n) is 13.0. The summed E-state index contributed by atoms with van der Waals surface area (Å²) in [6.07, 6.45) is 17.6. The van der Waals surface area contributed by atoms with Gasteiger partial charge in [-0.05, 0) is 80.8 Å². The third-order valence-electron chi connectivity index (χ3n) is 8.28. The monoisotopic (exact) mass is 411 g/mol. The van der Waals surface area contributed by atoms with Crippen molar-refractivity contribution in [2.24, 2.45) is 17.8 Å². The average Bonchev–Trinajstić information content (AvgIpc) is 3.13. The minimum atomic E-state index is 0.0574. The Bertz CT molecular complexity index is 651. The van der Waals surface area contributed by atoms with Crippen LogP contribution < -0.4 is 5.32 Å². The Morgan fingerprint density at radius 2 is 1.57 bits per heavy atom. The highest BCUT2D eigenvalue weighted by atomic mass is 16.5. The molecule has 1 heterocycles. The SMILES string of the molecule is CCCCCCCC1CCC2CC(c3ccc(C4NC(C)(C)CO4)cc3)CCC2C1. The first-order chi connectivity index (χ1) is 14.5. The summed E-state index contributed by atoms with van der Waals surface area (Å²) < 4.78 is 5.96. The molecule has 2 nitrogen and oxygen atoms in total. The van der Waals surface area contributed by atoms with Crippen molar-refractivity contribution in [2.75, 3.05) is 6.61 Å². The van der Waals surface area contributed by atoms with E-state index in [9.17, 15) is 0 Å². The van der Waals surface area contributed by atoms with Crippen LogP contribution in [0.3, 0.4) is 0 Å². The summed E-state index contributed by atoms with van der Waals surface area (Å²) in [4.78, 5) is 0. The molecule has 5 unspecified atom stereocenters. The molecule has 3 aliphatic rings. The van der Waals surface area contributed by atoms with Crippen molar-refractivity contribution in [2.45, 2.75) is 116 Å². The molecule has 2 aliphatic carbocycles. The Labute approximate surface area is 185 Å². The van der Waals surface area contributed by atoms with Gasteiger partial charge in [0, 0.05) is 5.54 Å². The fourth-order valence-electron chi connectivity index (χ4n) is 6.44. The summed E-state index contributed by atoms with van der Waals surface area (Å²) in [7, 11) is 0. The third kappa shape index (κ3) is 5.68. The van der Waals surface area contributed by atoms with E-state index in [4.69, 9.17) is 4.74 Å². The van der Waals surface area contributed by atoms with Crippen LogP contribution in [0.4, 0.5) is 0 Å². The molecule has 1 N–H and O–H groups in total. The number of unbranched alkanes of at least 4 members (excludes halogenated alkanes) is 4. The lowest BCUT2D eigenvalue weighted by Gasteiger charge is -2.42. The lowest BCUT2D eigenvalue weighted by molar-refractivity contribution is 0.0988. The standard InChI is InChI=1S/C28H45NO/c1-4-5-6-7-8-9-21-10-11-26-19-25(17-16-24(26)18-21)22-12-14-23(15-13-22)27-29-28(2,3)20-30-27/h12-15,21,24-27,29H,4-11,16-20H2,1-3H3. The van der Waals surface area contributed by atoms with Gasteiger partial charge >= 0.3 is 0 Å². The van der Waals surface area contributed by atoms with Crippen molar-refractivity contribution >= 4 is 0 Å². The highest BCUT2D eigenvalue weighted by Crippen LogP contribution is 2.48. The number of rotatable bonds is 8. The summed E-state index contributed by atoms with van der Waals surface area (Å²) in [6.45, 7) is 7.51. The molecule has 0 aromatic heterocycles. The smallest absolute Gasteiger partial charge is 0.134 e. The Morgan fingerprint density at radius 3 is 2.30 bits per heavy atom. The maximum absolute atomic E-state index is 5.96. The number of hydrogen-bond donors (Lipinski definition) is 1. The fraction of sp³-hybridized carbons (Fsp3) is 0.786. The molecule has 0 amide bonds. The van der Waals surface area contributed by atoms with Crippen molar-refractivity contribution in [3.05, 3.63) is 35.4 Å². The molecule has 2 saturated carbocycles. The zero-order valence-corrected chi connectivity index (χ0v) is 19.8. The number of nitrogens with one attached hydrogen (secondary N) is 1. The molecule has 0 bridgehead atoms. The van der Waals surface area contributed by atoms with Crippen LogP contribution in [0, 0.1) is 17.8 Å². The molecule has 0 radical (unpaired) electrons. The zero-order chi connectivity index (χ0) is 21.0. The lowest BCUT2D eigenvalue weighted by atomic mass is 9.63. The van der Waals surface area contributed by atoms with Gasteiger partial charge in [-0.15, -0.1) is 0 Å². The maximum atomic E-state index is 5.96. The average molecular weight is 412 g/mol. The molecule has 5 atom stereocenters. The van der Waals surface area contributed by atoms with Gasteiger partial charge in [0.2, 0.25) is 0 Å². The van der Waals surface area contributed by atoms with Crippen LogP contribution in [0.25, 0.3) is 0 Å². The van der Waals surface area contributed by atoms with Crippen LogP contribution in [0.1, 0.15) is 121 Å². The highest BCUT2D eigenvalue weighted by molar-refractivity contribution is 5.28. The fourth-order valence-corrected chi connectivity index (χ4v) is 6.44. The van der Waals surface area contributed by atoms with E-state index in [1.165, 1.54) is 82.6 Å². The second kappa shape index (κ2) is 10.2. The largest absolute Gasteiger partial charge is 0.357 e. The van der Waals surface area contributed by atoms with E-state index in [1.807, 2.05) is 0 Å². The van der Waals surface area contributed by atoms with Crippen molar-refractivity contribution < 1.29 is 4.74 Å². The number of hydrogen-bond acceptors (Lipinski definition) is 2. The van der Waals surface area contributed by atoms with Gasteiger partial charge in [-0.3, -0.25) is 5.32 Å². The van der Waals surface area contributed by atoms with Crippen molar-refractivity contribution in [3.63, 3.8) is 0 Å². The van der Waals surface area contributed by atoms with Crippen LogP contribution >= 0.6 is 0 Å².